The van der Waals surface area contributed by atoms with Crippen LogP contribution in [0.1, 0.15) is 33.4 Å². The van der Waals surface area contributed by atoms with Gasteiger partial charge in [-0.1, -0.05) is 39.9 Å². The molecule has 0 unspecified atom stereocenters. The maximum absolute atomic E-state index is 5.67. The lowest BCUT2D eigenvalue weighted by Crippen LogP contribution is -2.25. The molecule has 1 heterocycles. The van der Waals surface area contributed by atoms with Crippen molar-refractivity contribution in [1.29, 1.82) is 0 Å². The maximum Gasteiger partial charge on any atom is 0.124 e. The minimum atomic E-state index is 0.337. The number of anilines is 1. The van der Waals surface area contributed by atoms with Gasteiger partial charge in [0.2, 0.25) is 0 Å². The van der Waals surface area contributed by atoms with Gasteiger partial charge >= 0.3 is 0 Å². The second kappa shape index (κ2) is 6.69. The Labute approximate surface area is 115 Å². The molecule has 0 aromatic carbocycles. The summed E-state index contributed by atoms with van der Waals surface area (Å²) in [6.45, 7) is 9.93. The van der Waals surface area contributed by atoms with Crippen molar-refractivity contribution in [2.75, 3.05) is 11.9 Å². The third kappa shape index (κ3) is 3.95. The van der Waals surface area contributed by atoms with Gasteiger partial charge in [-0.05, 0) is 29.9 Å². The highest BCUT2D eigenvalue weighted by Gasteiger charge is 2.17. The fourth-order valence-electron chi connectivity index (χ4n) is 2.21. The van der Waals surface area contributed by atoms with E-state index in [1.807, 2.05) is 12.1 Å². The van der Waals surface area contributed by atoms with Gasteiger partial charge in [0, 0.05) is 12.7 Å². The van der Waals surface area contributed by atoms with Crippen molar-refractivity contribution in [2.24, 2.45) is 23.5 Å². The van der Waals surface area contributed by atoms with Crippen LogP contribution in [0.3, 0.4) is 0 Å². The summed E-state index contributed by atoms with van der Waals surface area (Å²) >= 11 is 5.01. The van der Waals surface area contributed by atoms with Crippen molar-refractivity contribution in [3.8, 4) is 0 Å². The molecule has 0 fully saturated rings. The van der Waals surface area contributed by atoms with Crippen LogP contribution in [0.25, 0.3) is 0 Å². The molecule has 1 aromatic heterocycles. The second-order valence-electron chi connectivity index (χ2n) is 5.30. The minimum absolute atomic E-state index is 0.337. The van der Waals surface area contributed by atoms with Gasteiger partial charge in [0.15, 0.2) is 0 Å². The topological polar surface area (TPSA) is 50.9 Å². The van der Waals surface area contributed by atoms with E-state index in [9.17, 15) is 0 Å². The number of thiocarbonyl (C=S) groups is 1. The third-order valence-corrected chi connectivity index (χ3v) is 3.48. The van der Waals surface area contributed by atoms with Crippen LogP contribution in [0.5, 0.6) is 0 Å². The van der Waals surface area contributed by atoms with E-state index in [1.165, 1.54) is 0 Å². The van der Waals surface area contributed by atoms with E-state index in [0.29, 0.717) is 28.4 Å². The SMILES string of the molecule is CC(C)C(CNc1cccnc1C(N)=S)C(C)C. The first-order valence-corrected chi connectivity index (χ1v) is 6.83. The van der Waals surface area contributed by atoms with Crippen LogP contribution >= 0.6 is 12.2 Å². The molecule has 0 atom stereocenters. The first-order chi connectivity index (χ1) is 8.43. The van der Waals surface area contributed by atoms with Crippen LogP contribution in [0, 0.1) is 17.8 Å². The number of aromatic nitrogens is 1. The molecule has 18 heavy (non-hydrogen) atoms. The standard InChI is InChI=1S/C14H23N3S/c1-9(2)11(10(3)4)8-17-12-6-5-7-16-13(12)14(15)18/h5-7,9-11,17H,8H2,1-4H3,(H2,15,18). The van der Waals surface area contributed by atoms with E-state index in [2.05, 4.69) is 38.0 Å². The van der Waals surface area contributed by atoms with Crippen LogP contribution in [-0.2, 0) is 0 Å². The fourth-order valence-corrected chi connectivity index (χ4v) is 2.38. The van der Waals surface area contributed by atoms with E-state index >= 15 is 0 Å². The van der Waals surface area contributed by atoms with Crippen LogP contribution in [0.15, 0.2) is 18.3 Å². The molecule has 3 N–H and O–H groups in total. The highest BCUT2D eigenvalue weighted by Crippen LogP contribution is 2.22. The zero-order valence-corrected chi connectivity index (χ0v) is 12.4. The summed E-state index contributed by atoms with van der Waals surface area (Å²) in [5.74, 6) is 1.90. The second-order valence-corrected chi connectivity index (χ2v) is 5.74. The molecule has 100 valence electrons. The van der Waals surface area contributed by atoms with Crippen molar-refractivity contribution in [1.82, 2.24) is 4.98 Å². The van der Waals surface area contributed by atoms with Crippen LogP contribution in [-0.4, -0.2) is 16.5 Å². The molecule has 0 radical (unpaired) electrons. The summed E-state index contributed by atoms with van der Waals surface area (Å²) < 4.78 is 0. The van der Waals surface area contributed by atoms with Crippen molar-refractivity contribution >= 4 is 22.9 Å². The number of rotatable bonds is 6. The van der Waals surface area contributed by atoms with Crippen molar-refractivity contribution in [3.63, 3.8) is 0 Å². The number of hydrogen-bond donors (Lipinski definition) is 2. The van der Waals surface area contributed by atoms with Gasteiger partial charge in [0.05, 0.1) is 5.69 Å². The Hall–Kier alpha value is -1.16. The quantitative estimate of drug-likeness (QED) is 0.776. The number of pyridine rings is 1. The molecule has 0 aliphatic heterocycles. The Kier molecular flexibility index (Phi) is 5.54. The van der Waals surface area contributed by atoms with Crippen molar-refractivity contribution in [2.45, 2.75) is 27.7 Å². The molecular formula is C14H23N3S. The molecule has 0 bridgehead atoms. The number of nitrogens with one attached hydrogen (secondary N) is 1. The molecule has 0 aliphatic rings. The van der Waals surface area contributed by atoms with Crippen LogP contribution < -0.4 is 11.1 Å². The third-order valence-electron chi connectivity index (χ3n) is 3.28. The molecule has 0 saturated heterocycles. The highest BCUT2D eigenvalue weighted by atomic mass is 32.1. The maximum atomic E-state index is 5.67. The fraction of sp³-hybridized carbons (Fsp3) is 0.571. The van der Waals surface area contributed by atoms with E-state index in [1.54, 1.807) is 6.20 Å². The molecule has 0 aliphatic carbocycles. The lowest BCUT2D eigenvalue weighted by molar-refractivity contribution is 0.304. The first kappa shape index (κ1) is 14.9. The minimum Gasteiger partial charge on any atom is -0.388 e. The zero-order chi connectivity index (χ0) is 13.7. The Balaban J connectivity index is 2.76. The number of nitrogens with two attached hydrogens (primary N) is 1. The predicted octanol–water partition coefficient (Wildman–Crippen LogP) is 3.06. The average Bonchev–Trinajstić information content (AvgIpc) is 2.28. The molecule has 3 nitrogen and oxygen atoms in total. The largest absolute Gasteiger partial charge is 0.388 e. The van der Waals surface area contributed by atoms with Crippen molar-refractivity contribution < 1.29 is 0 Å². The molecule has 1 rings (SSSR count). The van der Waals surface area contributed by atoms with Crippen LogP contribution in [0.4, 0.5) is 5.69 Å². The lowest BCUT2D eigenvalue weighted by atomic mass is 9.85. The summed E-state index contributed by atoms with van der Waals surface area (Å²) in [5, 5.41) is 3.43. The van der Waals surface area contributed by atoms with E-state index in [-0.39, 0.29) is 0 Å². The summed E-state index contributed by atoms with van der Waals surface area (Å²) in [6, 6.07) is 3.86. The van der Waals surface area contributed by atoms with Gasteiger partial charge in [-0.25, -0.2) is 0 Å². The van der Waals surface area contributed by atoms with Gasteiger partial charge in [-0.15, -0.1) is 0 Å². The summed E-state index contributed by atoms with van der Waals surface area (Å²) in [7, 11) is 0. The van der Waals surface area contributed by atoms with E-state index in [4.69, 9.17) is 18.0 Å². The van der Waals surface area contributed by atoms with Gasteiger partial charge in [-0.3, -0.25) is 4.98 Å². The molecule has 0 spiro atoms. The molecule has 0 amide bonds. The lowest BCUT2D eigenvalue weighted by Gasteiger charge is -2.26. The normalized spacial score (nSPS) is 11.3. The molecule has 0 saturated carbocycles. The zero-order valence-electron chi connectivity index (χ0n) is 11.6. The van der Waals surface area contributed by atoms with Gasteiger partial charge in [0.1, 0.15) is 10.7 Å². The summed E-state index contributed by atoms with van der Waals surface area (Å²) in [4.78, 5) is 4.55. The average molecular weight is 265 g/mol. The van der Waals surface area contributed by atoms with E-state index < -0.39 is 0 Å². The van der Waals surface area contributed by atoms with E-state index in [0.717, 1.165) is 12.2 Å². The smallest absolute Gasteiger partial charge is 0.124 e. The monoisotopic (exact) mass is 265 g/mol. The van der Waals surface area contributed by atoms with Crippen LogP contribution in [0.2, 0.25) is 0 Å². The van der Waals surface area contributed by atoms with Gasteiger partial charge in [0.25, 0.3) is 0 Å². The molecule has 4 heteroatoms. The Morgan fingerprint density at radius 1 is 1.33 bits per heavy atom. The summed E-state index contributed by atoms with van der Waals surface area (Å²) in [5.41, 5.74) is 7.28. The summed E-state index contributed by atoms with van der Waals surface area (Å²) in [6.07, 6.45) is 1.71. The number of hydrogen-bond acceptors (Lipinski definition) is 3. The predicted molar refractivity (Wildman–Crippen MR) is 81.8 cm³/mol. The van der Waals surface area contributed by atoms with Gasteiger partial charge < -0.3 is 11.1 Å². The first-order valence-electron chi connectivity index (χ1n) is 6.42. The Morgan fingerprint density at radius 2 is 1.94 bits per heavy atom. The Bertz CT molecular complexity index is 394. The number of nitrogens with zero attached hydrogens (tertiary/aromatic N) is 1. The molecular weight excluding hydrogens is 242 g/mol. The molecule has 1 aromatic rings. The van der Waals surface area contributed by atoms with Gasteiger partial charge in [-0.2, -0.15) is 0 Å². The van der Waals surface area contributed by atoms with Crippen molar-refractivity contribution in [3.05, 3.63) is 24.0 Å². The Morgan fingerprint density at radius 3 is 2.44 bits per heavy atom. The highest BCUT2D eigenvalue weighted by molar-refractivity contribution is 7.80.